The molecule has 106 valence electrons. The van der Waals surface area contributed by atoms with Gasteiger partial charge in [0, 0.05) is 13.0 Å². The van der Waals surface area contributed by atoms with Gasteiger partial charge in [-0.15, -0.1) is 0 Å². The van der Waals surface area contributed by atoms with Gasteiger partial charge in [0.1, 0.15) is 12.3 Å². The molecule has 0 aliphatic heterocycles. The van der Waals surface area contributed by atoms with Crippen LogP contribution in [0.1, 0.15) is 12.0 Å². The maximum absolute atomic E-state index is 11.9. The van der Waals surface area contributed by atoms with Gasteiger partial charge in [0.2, 0.25) is 5.91 Å². The van der Waals surface area contributed by atoms with Gasteiger partial charge >= 0.3 is 5.97 Å². The summed E-state index contributed by atoms with van der Waals surface area (Å²) in [5.41, 5.74) is 0.850. The van der Waals surface area contributed by atoms with Crippen LogP contribution < -0.4 is 0 Å². The highest BCUT2D eigenvalue weighted by molar-refractivity contribution is 5.92. The van der Waals surface area contributed by atoms with Crippen LogP contribution in [0.25, 0.3) is 0 Å². The summed E-state index contributed by atoms with van der Waals surface area (Å²) < 4.78 is 4.65. The summed E-state index contributed by atoms with van der Waals surface area (Å²) in [5.74, 6) is -1.05. The third-order valence-electron chi connectivity index (χ3n) is 2.82. The Balaban J connectivity index is 3.02. The zero-order chi connectivity index (χ0) is 15.0. The molecular weight excluding hydrogens is 258 g/mol. The van der Waals surface area contributed by atoms with Crippen LogP contribution in [0.3, 0.4) is 0 Å². The largest absolute Gasteiger partial charge is 0.467 e. The standard InChI is InChI=1S/C15H17NO4/c1-3-14(18)16(11-12-7-5-4-6-8-12)13(9-10-17)15(19)20-2/h3-8,10,13H,1,9,11H2,2H3/t13-/m0/s1. The third-order valence-corrected chi connectivity index (χ3v) is 2.82. The molecule has 0 aromatic heterocycles. The Bertz CT molecular complexity index is 484. The third kappa shape index (κ3) is 4.05. The minimum Gasteiger partial charge on any atom is -0.467 e. The highest BCUT2D eigenvalue weighted by atomic mass is 16.5. The fourth-order valence-electron chi connectivity index (χ4n) is 1.82. The monoisotopic (exact) mass is 275 g/mol. The van der Waals surface area contributed by atoms with Crippen molar-refractivity contribution in [2.45, 2.75) is 19.0 Å². The van der Waals surface area contributed by atoms with Gasteiger partial charge in [-0.25, -0.2) is 4.79 Å². The van der Waals surface area contributed by atoms with Crippen LogP contribution in [0.15, 0.2) is 43.0 Å². The van der Waals surface area contributed by atoms with Crippen molar-refractivity contribution >= 4 is 18.2 Å². The number of nitrogens with zero attached hydrogens (tertiary/aromatic N) is 1. The van der Waals surface area contributed by atoms with E-state index in [0.717, 1.165) is 11.6 Å². The van der Waals surface area contributed by atoms with E-state index in [1.807, 2.05) is 30.3 Å². The van der Waals surface area contributed by atoms with Crippen LogP contribution in [0.5, 0.6) is 0 Å². The van der Waals surface area contributed by atoms with E-state index in [1.54, 1.807) is 0 Å². The van der Waals surface area contributed by atoms with Gasteiger partial charge < -0.3 is 14.4 Å². The Morgan fingerprint density at radius 3 is 2.50 bits per heavy atom. The summed E-state index contributed by atoms with van der Waals surface area (Å²) in [5, 5.41) is 0. The van der Waals surface area contributed by atoms with Crippen LogP contribution in [0.2, 0.25) is 0 Å². The van der Waals surface area contributed by atoms with E-state index in [2.05, 4.69) is 11.3 Å². The Morgan fingerprint density at radius 1 is 1.35 bits per heavy atom. The van der Waals surface area contributed by atoms with Crippen molar-refractivity contribution in [1.29, 1.82) is 0 Å². The summed E-state index contributed by atoms with van der Waals surface area (Å²) in [7, 11) is 1.22. The Labute approximate surface area is 117 Å². The highest BCUT2D eigenvalue weighted by Crippen LogP contribution is 2.12. The van der Waals surface area contributed by atoms with Crippen molar-refractivity contribution in [1.82, 2.24) is 4.90 Å². The lowest BCUT2D eigenvalue weighted by Crippen LogP contribution is -2.44. The SMILES string of the molecule is C=CC(=O)N(Cc1ccccc1)[C@@H](CC=O)C(=O)OC. The van der Waals surface area contributed by atoms with Crippen molar-refractivity contribution in [3.8, 4) is 0 Å². The van der Waals surface area contributed by atoms with Gasteiger partial charge in [0.15, 0.2) is 0 Å². The van der Waals surface area contributed by atoms with Gasteiger partial charge in [-0.1, -0.05) is 36.9 Å². The number of carbonyl (C=O) groups excluding carboxylic acids is 3. The number of ether oxygens (including phenoxy) is 1. The summed E-state index contributed by atoms with van der Waals surface area (Å²) in [6, 6.07) is 8.24. The van der Waals surface area contributed by atoms with Crippen molar-refractivity contribution in [3.63, 3.8) is 0 Å². The van der Waals surface area contributed by atoms with E-state index in [-0.39, 0.29) is 13.0 Å². The molecule has 20 heavy (non-hydrogen) atoms. The molecule has 0 fully saturated rings. The number of benzene rings is 1. The quantitative estimate of drug-likeness (QED) is 0.428. The first-order valence-electron chi connectivity index (χ1n) is 6.12. The minimum absolute atomic E-state index is 0.112. The smallest absolute Gasteiger partial charge is 0.329 e. The summed E-state index contributed by atoms with van der Waals surface area (Å²) in [6.45, 7) is 3.63. The average molecular weight is 275 g/mol. The van der Waals surface area contributed by atoms with E-state index >= 15 is 0 Å². The highest BCUT2D eigenvalue weighted by Gasteiger charge is 2.29. The van der Waals surface area contributed by atoms with Crippen molar-refractivity contribution in [2.24, 2.45) is 0 Å². The Kier molecular flexibility index (Phi) is 6.16. The Hall–Kier alpha value is -2.43. The molecule has 1 aromatic rings. The molecule has 0 N–H and O–H groups in total. The van der Waals surface area contributed by atoms with Gasteiger partial charge in [-0.2, -0.15) is 0 Å². The van der Waals surface area contributed by atoms with E-state index in [1.165, 1.54) is 12.0 Å². The summed E-state index contributed by atoms with van der Waals surface area (Å²) >= 11 is 0. The lowest BCUT2D eigenvalue weighted by Gasteiger charge is -2.28. The van der Waals surface area contributed by atoms with Crippen molar-refractivity contribution < 1.29 is 19.1 Å². The molecule has 0 aliphatic carbocycles. The maximum atomic E-state index is 11.9. The van der Waals surface area contributed by atoms with Gasteiger partial charge in [-0.05, 0) is 11.6 Å². The maximum Gasteiger partial charge on any atom is 0.329 e. The van der Waals surface area contributed by atoms with Crippen LogP contribution in [-0.4, -0.2) is 36.2 Å². The first kappa shape index (κ1) is 15.6. The van der Waals surface area contributed by atoms with Crippen LogP contribution in [-0.2, 0) is 25.7 Å². The molecule has 0 saturated heterocycles. The first-order chi connectivity index (χ1) is 9.63. The number of carbonyl (C=O) groups is 3. The molecule has 0 aliphatic rings. The minimum atomic E-state index is -0.941. The normalized spacial score (nSPS) is 11.2. The zero-order valence-corrected chi connectivity index (χ0v) is 11.3. The van der Waals surface area contributed by atoms with Gasteiger partial charge in [0.05, 0.1) is 7.11 Å². The molecule has 0 bridgehead atoms. The van der Waals surface area contributed by atoms with Gasteiger partial charge in [0.25, 0.3) is 0 Å². The number of hydrogen-bond acceptors (Lipinski definition) is 4. The molecule has 1 rings (SSSR count). The molecule has 0 heterocycles. The molecule has 1 amide bonds. The van der Waals surface area contributed by atoms with Crippen molar-refractivity contribution in [2.75, 3.05) is 7.11 Å². The van der Waals surface area contributed by atoms with E-state index < -0.39 is 17.9 Å². The number of rotatable bonds is 7. The number of aldehydes is 1. The molecule has 0 unspecified atom stereocenters. The first-order valence-corrected chi connectivity index (χ1v) is 6.12. The number of amides is 1. The molecule has 5 nitrogen and oxygen atoms in total. The lowest BCUT2D eigenvalue weighted by atomic mass is 10.1. The summed E-state index contributed by atoms with van der Waals surface area (Å²) in [4.78, 5) is 35.7. The molecule has 0 saturated carbocycles. The Morgan fingerprint density at radius 2 is 2.00 bits per heavy atom. The van der Waals surface area contributed by atoms with Crippen LogP contribution in [0.4, 0.5) is 0 Å². The van der Waals surface area contributed by atoms with E-state index in [9.17, 15) is 14.4 Å². The second-order valence-electron chi connectivity index (χ2n) is 4.10. The topological polar surface area (TPSA) is 63.7 Å². The molecule has 0 radical (unpaired) electrons. The predicted octanol–water partition coefficient (Wildman–Crippen LogP) is 1.33. The fraction of sp³-hybridized carbons (Fsp3) is 0.267. The number of hydrogen-bond donors (Lipinski definition) is 0. The number of esters is 1. The zero-order valence-electron chi connectivity index (χ0n) is 11.3. The second kappa shape index (κ2) is 7.89. The predicted molar refractivity (Wildman–Crippen MR) is 73.7 cm³/mol. The average Bonchev–Trinajstić information content (AvgIpc) is 2.50. The number of methoxy groups -OCH3 is 1. The fourth-order valence-corrected chi connectivity index (χ4v) is 1.82. The lowest BCUT2D eigenvalue weighted by molar-refractivity contribution is -0.152. The van der Waals surface area contributed by atoms with E-state index in [4.69, 9.17) is 0 Å². The molecule has 5 heteroatoms. The molecule has 1 aromatic carbocycles. The molecule has 0 spiro atoms. The molecule has 1 atom stereocenters. The van der Waals surface area contributed by atoms with E-state index in [0.29, 0.717) is 6.29 Å². The van der Waals surface area contributed by atoms with Gasteiger partial charge in [-0.3, -0.25) is 4.79 Å². The molecular formula is C15H17NO4. The van der Waals surface area contributed by atoms with Crippen LogP contribution in [0, 0.1) is 0 Å². The van der Waals surface area contributed by atoms with Crippen molar-refractivity contribution in [3.05, 3.63) is 48.6 Å². The summed E-state index contributed by atoms with van der Waals surface area (Å²) in [6.07, 6.45) is 1.60. The second-order valence-corrected chi connectivity index (χ2v) is 4.10. The van der Waals surface area contributed by atoms with Crippen LogP contribution >= 0.6 is 0 Å².